The Hall–Kier alpha value is -2.14. The van der Waals surface area contributed by atoms with Crippen LogP contribution >= 0.6 is 11.6 Å². The Balaban J connectivity index is 1.88. The summed E-state index contributed by atoms with van der Waals surface area (Å²) in [4.78, 5) is 14.0. The summed E-state index contributed by atoms with van der Waals surface area (Å²) in [7, 11) is 1.51. The molecule has 23 heavy (non-hydrogen) atoms. The Bertz CT molecular complexity index is 779. The second-order valence-electron chi connectivity index (χ2n) is 5.31. The van der Waals surface area contributed by atoms with E-state index in [0.29, 0.717) is 40.6 Å². The van der Waals surface area contributed by atoms with Gasteiger partial charge in [-0.05, 0) is 30.7 Å². The Labute approximate surface area is 137 Å². The van der Waals surface area contributed by atoms with Crippen molar-refractivity contribution >= 4 is 23.2 Å². The largest absolute Gasteiger partial charge is 0.496 e. The third kappa shape index (κ3) is 3.01. The van der Waals surface area contributed by atoms with E-state index in [2.05, 4.69) is 0 Å². The molecule has 3 rings (SSSR count). The van der Waals surface area contributed by atoms with E-state index in [4.69, 9.17) is 16.3 Å². The van der Waals surface area contributed by atoms with Crippen LogP contribution in [-0.2, 0) is 17.6 Å². The van der Waals surface area contributed by atoms with E-state index in [0.717, 1.165) is 6.07 Å². The molecule has 3 nitrogen and oxygen atoms in total. The van der Waals surface area contributed by atoms with Gasteiger partial charge in [-0.1, -0.05) is 11.6 Å². The van der Waals surface area contributed by atoms with Gasteiger partial charge in [0.15, 0.2) is 0 Å². The highest BCUT2D eigenvalue weighted by atomic mass is 35.5. The van der Waals surface area contributed by atoms with Gasteiger partial charge in [0.25, 0.3) is 0 Å². The Morgan fingerprint density at radius 3 is 2.83 bits per heavy atom. The highest BCUT2D eigenvalue weighted by Crippen LogP contribution is 2.32. The van der Waals surface area contributed by atoms with E-state index >= 15 is 0 Å². The molecule has 0 aliphatic carbocycles. The van der Waals surface area contributed by atoms with Gasteiger partial charge in [0.05, 0.1) is 19.2 Å². The number of hydrogen-bond donors (Lipinski definition) is 0. The molecular weight excluding hydrogens is 324 g/mol. The monoisotopic (exact) mass is 337 g/mol. The first-order valence-corrected chi connectivity index (χ1v) is 7.48. The quantitative estimate of drug-likeness (QED) is 0.853. The van der Waals surface area contributed by atoms with E-state index in [9.17, 15) is 13.6 Å². The van der Waals surface area contributed by atoms with Crippen LogP contribution in [0.5, 0.6) is 5.75 Å². The van der Waals surface area contributed by atoms with Gasteiger partial charge in [0.2, 0.25) is 5.91 Å². The summed E-state index contributed by atoms with van der Waals surface area (Å²) >= 11 is 5.96. The lowest BCUT2D eigenvalue weighted by Crippen LogP contribution is -2.30. The van der Waals surface area contributed by atoms with Crippen LogP contribution in [0.25, 0.3) is 0 Å². The van der Waals surface area contributed by atoms with Crippen molar-refractivity contribution in [2.75, 3.05) is 18.6 Å². The first-order chi connectivity index (χ1) is 11.0. The molecule has 2 aromatic carbocycles. The van der Waals surface area contributed by atoms with Gasteiger partial charge in [-0.2, -0.15) is 0 Å². The minimum Gasteiger partial charge on any atom is -0.496 e. The molecule has 0 saturated heterocycles. The van der Waals surface area contributed by atoms with Gasteiger partial charge < -0.3 is 9.64 Å². The third-order valence-corrected chi connectivity index (χ3v) is 4.13. The molecular formula is C17H14ClF2NO2. The van der Waals surface area contributed by atoms with E-state index < -0.39 is 11.6 Å². The van der Waals surface area contributed by atoms with Crippen LogP contribution in [0.2, 0.25) is 5.02 Å². The number of benzene rings is 2. The molecule has 0 fully saturated rings. The molecule has 1 amide bonds. The normalized spacial score (nSPS) is 13.1. The Kier molecular flexibility index (Phi) is 4.22. The average molecular weight is 338 g/mol. The number of anilines is 1. The van der Waals surface area contributed by atoms with Crippen molar-refractivity contribution < 1.29 is 18.3 Å². The second kappa shape index (κ2) is 6.16. The summed E-state index contributed by atoms with van der Waals surface area (Å²) < 4.78 is 32.4. The van der Waals surface area contributed by atoms with Crippen LogP contribution in [0.1, 0.15) is 11.1 Å². The molecule has 0 radical (unpaired) electrons. The molecule has 1 aliphatic heterocycles. The second-order valence-corrected chi connectivity index (χ2v) is 5.75. The minimum absolute atomic E-state index is 0.0430. The first kappa shape index (κ1) is 15.7. The van der Waals surface area contributed by atoms with Crippen LogP contribution in [0.15, 0.2) is 30.3 Å². The summed E-state index contributed by atoms with van der Waals surface area (Å²) in [5.74, 6) is -1.01. The number of halogens is 3. The van der Waals surface area contributed by atoms with E-state index in [1.54, 1.807) is 18.2 Å². The molecule has 0 bridgehead atoms. The zero-order chi connectivity index (χ0) is 16.6. The van der Waals surface area contributed by atoms with Crippen molar-refractivity contribution in [3.63, 3.8) is 0 Å². The lowest BCUT2D eigenvalue weighted by atomic mass is 10.1. The zero-order valence-corrected chi connectivity index (χ0v) is 13.2. The Morgan fingerprint density at radius 2 is 2.09 bits per heavy atom. The predicted molar refractivity (Wildman–Crippen MR) is 84.1 cm³/mol. The van der Waals surface area contributed by atoms with Crippen molar-refractivity contribution in [3.05, 3.63) is 58.1 Å². The summed E-state index contributed by atoms with van der Waals surface area (Å²) in [5.41, 5.74) is 1.31. The van der Waals surface area contributed by atoms with Crippen molar-refractivity contribution in [1.82, 2.24) is 0 Å². The number of methoxy groups -OCH3 is 1. The third-order valence-electron chi connectivity index (χ3n) is 3.90. The lowest BCUT2D eigenvalue weighted by molar-refractivity contribution is -0.117. The van der Waals surface area contributed by atoms with Crippen molar-refractivity contribution in [2.24, 2.45) is 0 Å². The van der Waals surface area contributed by atoms with Gasteiger partial charge in [-0.15, -0.1) is 0 Å². The number of rotatable bonds is 3. The fourth-order valence-corrected chi connectivity index (χ4v) is 3.02. The van der Waals surface area contributed by atoms with Crippen molar-refractivity contribution in [3.8, 4) is 5.75 Å². The van der Waals surface area contributed by atoms with Crippen LogP contribution in [0, 0.1) is 11.6 Å². The zero-order valence-electron chi connectivity index (χ0n) is 12.4. The van der Waals surface area contributed by atoms with Crippen LogP contribution in [-0.4, -0.2) is 19.6 Å². The van der Waals surface area contributed by atoms with Gasteiger partial charge >= 0.3 is 0 Å². The van der Waals surface area contributed by atoms with E-state index in [-0.39, 0.29) is 12.3 Å². The lowest BCUT2D eigenvalue weighted by Gasteiger charge is -2.18. The van der Waals surface area contributed by atoms with Crippen LogP contribution in [0.4, 0.5) is 14.5 Å². The molecule has 6 heteroatoms. The SMILES string of the molecule is COc1ccc(Cl)cc1CC(=O)N1CCc2c(F)cc(F)cc21. The predicted octanol–water partition coefficient (Wildman–Crippen LogP) is 3.76. The Morgan fingerprint density at radius 1 is 1.30 bits per heavy atom. The molecule has 0 aromatic heterocycles. The topological polar surface area (TPSA) is 29.5 Å². The number of nitrogens with zero attached hydrogens (tertiary/aromatic N) is 1. The maximum atomic E-state index is 13.8. The number of carbonyl (C=O) groups excluding carboxylic acids is 1. The highest BCUT2D eigenvalue weighted by Gasteiger charge is 2.28. The maximum Gasteiger partial charge on any atom is 0.231 e. The number of amides is 1. The summed E-state index contributed by atoms with van der Waals surface area (Å²) in [6, 6.07) is 7.04. The summed E-state index contributed by atoms with van der Waals surface area (Å²) in [6.07, 6.45) is 0.418. The van der Waals surface area contributed by atoms with E-state index in [1.165, 1.54) is 18.1 Å². The average Bonchev–Trinajstić information content (AvgIpc) is 2.91. The maximum absolute atomic E-state index is 13.8. The number of fused-ring (bicyclic) bond motifs is 1. The van der Waals surface area contributed by atoms with Crippen molar-refractivity contribution in [2.45, 2.75) is 12.8 Å². The van der Waals surface area contributed by atoms with Crippen LogP contribution < -0.4 is 9.64 Å². The highest BCUT2D eigenvalue weighted by molar-refractivity contribution is 6.30. The molecule has 0 spiro atoms. The molecule has 1 aliphatic rings. The number of carbonyl (C=O) groups is 1. The van der Waals surface area contributed by atoms with Gasteiger partial charge in [-0.25, -0.2) is 8.78 Å². The fraction of sp³-hybridized carbons (Fsp3) is 0.235. The molecule has 120 valence electrons. The smallest absolute Gasteiger partial charge is 0.231 e. The summed E-state index contributed by atoms with van der Waals surface area (Å²) in [6.45, 7) is 0.331. The van der Waals surface area contributed by atoms with Gasteiger partial charge in [-0.3, -0.25) is 4.79 Å². The molecule has 1 heterocycles. The first-order valence-electron chi connectivity index (χ1n) is 7.10. The number of ether oxygens (including phenoxy) is 1. The molecule has 0 N–H and O–H groups in total. The molecule has 2 aromatic rings. The molecule has 0 saturated carbocycles. The van der Waals surface area contributed by atoms with Gasteiger partial charge in [0.1, 0.15) is 17.4 Å². The fourth-order valence-electron chi connectivity index (χ4n) is 2.82. The molecule has 0 unspecified atom stereocenters. The summed E-state index contributed by atoms with van der Waals surface area (Å²) in [5, 5.41) is 0.493. The van der Waals surface area contributed by atoms with E-state index in [1.807, 2.05) is 0 Å². The van der Waals surface area contributed by atoms with Gasteiger partial charge in [0, 0.05) is 28.8 Å². The number of hydrogen-bond acceptors (Lipinski definition) is 2. The van der Waals surface area contributed by atoms with Crippen molar-refractivity contribution in [1.29, 1.82) is 0 Å². The standard InChI is InChI=1S/C17H14ClF2NO2/c1-23-16-3-2-11(18)6-10(16)7-17(22)21-5-4-13-14(20)8-12(19)9-15(13)21/h2-3,6,8-9H,4-5,7H2,1H3. The van der Waals surface area contributed by atoms with Crippen LogP contribution in [0.3, 0.4) is 0 Å². The molecule has 0 atom stereocenters. The minimum atomic E-state index is -0.693.